The molecule has 3 aromatic rings. The van der Waals surface area contributed by atoms with Crippen LogP contribution in [0.25, 0.3) is 0 Å². The lowest BCUT2D eigenvalue weighted by Crippen LogP contribution is -2.54. The lowest BCUT2D eigenvalue weighted by molar-refractivity contribution is -0.124. The van der Waals surface area contributed by atoms with Crippen molar-refractivity contribution in [2.24, 2.45) is 0 Å². The summed E-state index contributed by atoms with van der Waals surface area (Å²) in [4.78, 5) is 44.8. The Bertz CT molecular complexity index is 1640. The van der Waals surface area contributed by atoms with Gasteiger partial charge in [0.2, 0.25) is 11.9 Å². The zero-order valence-electron chi connectivity index (χ0n) is 22.0. The highest BCUT2D eigenvalue weighted by atomic mass is 79.9. The third-order valence-electron chi connectivity index (χ3n) is 7.05. The third-order valence-corrected chi connectivity index (χ3v) is 9.87. The number of anilines is 2. The number of nitrogens with one attached hydrogen (secondary N) is 1. The molecule has 1 fully saturated rings. The van der Waals surface area contributed by atoms with E-state index in [0.29, 0.717) is 15.7 Å². The number of carbonyl (C=O) groups is 3. The number of nitrogens with zero attached hydrogens (tertiary/aromatic N) is 5. The van der Waals surface area contributed by atoms with Crippen LogP contribution in [0.3, 0.4) is 0 Å². The summed E-state index contributed by atoms with van der Waals surface area (Å²) < 4.78 is 31.6. The second-order valence-electron chi connectivity index (χ2n) is 9.95. The molecule has 41 heavy (non-hydrogen) atoms. The summed E-state index contributed by atoms with van der Waals surface area (Å²) in [5.74, 6) is -0.782. The third kappa shape index (κ3) is 5.48. The van der Waals surface area contributed by atoms with E-state index in [2.05, 4.69) is 26.2 Å². The van der Waals surface area contributed by atoms with Gasteiger partial charge in [0.25, 0.3) is 15.9 Å². The van der Waals surface area contributed by atoms with Crippen LogP contribution >= 0.6 is 39.1 Å². The molecular weight excluding hydrogens is 659 g/mol. The van der Waals surface area contributed by atoms with Gasteiger partial charge in [-0.05, 0) is 42.8 Å². The van der Waals surface area contributed by atoms with Crippen molar-refractivity contribution in [2.45, 2.75) is 30.8 Å². The predicted molar refractivity (Wildman–Crippen MR) is 157 cm³/mol. The van der Waals surface area contributed by atoms with Gasteiger partial charge in [-0.2, -0.15) is 4.31 Å². The number of piperazine rings is 1. The standard InChI is InChI=1S/C26H25BrCl2N6O5S/c1-16(36)31-25(38)32-7-9-33(10-8-32)41(39,40)22-15-30-24-34(21-12-19(28)11-20(29)13-21)23(37)26(2,35(22)24)14-17-3-5-18(27)6-4-17/h3-6,11-13,15H,7-10,14H2,1-2H3,(H,31,36,38)/t26-/m1/s1. The van der Waals surface area contributed by atoms with E-state index < -0.39 is 33.4 Å². The van der Waals surface area contributed by atoms with E-state index >= 15 is 0 Å². The average molecular weight is 684 g/mol. The number of imide groups is 1. The van der Waals surface area contributed by atoms with Gasteiger partial charge in [-0.1, -0.05) is 51.3 Å². The van der Waals surface area contributed by atoms with E-state index in [9.17, 15) is 22.8 Å². The number of amides is 4. The Morgan fingerprint density at radius 1 is 1.05 bits per heavy atom. The molecule has 216 valence electrons. The maximum atomic E-state index is 14.2. The van der Waals surface area contributed by atoms with Crippen LogP contribution in [0, 0.1) is 0 Å². The molecule has 0 spiro atoms. The van der Waals surface area contributed by atoms with Crippen LogP contribution in [0.1, 0.15) is 19.4 Å². The van der Waals surface area contributed by atoms with E-state index in [1.807, 2.05) is 24.3 Å². The van der Waals surface area contributed by atoms with Crippen molar-refractivity contribution < 1.29 is 22.8 Å². The molecule has 11 nitrogen and oxygen atoms in total. The number of benzene rings is 2. The molecule has 0 radical (unpaired) electrons. The van der Waals surface area contributed by atoms with E-state index in [4.69, 9.17) is 23.2 Å². The average Bonchev–Trinajstić information content (AvgIpc) is 3.43. The first-order valence-corrected chi connectivity index (χ1v) is 15.5. The number of hydrogen-bond acceptors (Lipinski definition) is 6. The molecular formula is C26H25BrCl2N6O5S. The van der Waals surface area contributed by atoms with E-state index in [1.54, 1.807) is 19.1 Å². The zero-order chi connectivity index (χ0) is 29.7. The Morgan fingerprint density at radius 3 is 2.24 bits per heavy atom. The molecule has 15 heteroatoms. The van der Waals surface area contributed by atoms with Gasteiger partial charge in [0.05, 0.1) is 11.9 Å². The first-order valence-electron chi connectivity index (χ1n) is 12.5. The van der Waals surface area contributed by atoms with Crippen LogP contribution in [-0.4, -0.2) is 71.2 Å². The molecule has 0 aliphatic carbocycles. The molecule has 2 aromatic carbocycles. The highest BCUT2D eigenvalue weighted by Crippen LogP contribution is 2.45. The summed E-state index contributed by atoms with van der Waals surface area (Å²) in [5.41, 5.74) is -0.212. The van der Waals surface area contributed by atoms with Gasteiger partial charge in [0, 0.05) is 54.0 Å². The molecule has 1 N–H and O–H groups in total. The molecule has 3 heterocycles. The SMILES string of the molecule is CC(=O)NC(=O)N1CCN(S(=O)(=O)c2cnc3n2[C@](C)(Cc2ccc(Br)cc2)C(=O)N3c2cc(Cl)cc(Cl)c2)CC1. The fraction of sp³-hybridized carbons (Fsp3) is 0.308. The molecule has 5 rings (SSSR count). The number of rotatable bonds is 5. The van der Waals surface area contributed by atoms with Crippen molar-refractivity contribution in [2.75, 3.05) is 31.1 Å². The van der Waals surface area contributed by atoms with Crippen LogP contribution in [0.5, 0.6) is 0 Å². The van der Waals surface area contributed by atoms with E-state index in [0.717, 1.165) is 10.0 Å². The minimum absolute atomic E-state index is 0.000834. The summed E-state index contributed by atoms with van der Waals surface area (Å²) in [7, 11) is -4.16. The Labute approximate surface area is 255 Å². The van der Waals surface area contributed by atoms with Crippen LogP contribution in [-0.2, 0) is 31.6 Å². The first kappa shape index (κ1) is 29.5. The van der Waals surface area contributed by atoms with Crippen molar-refractivity contribution in [3.05, 3.63) is 68.7 Å². The smallest absolute Gasteiger partial charge is 0.322 e. The van der Waals surface area contributed by atoms with E-state index in [-0.39, 0.29) is 43.6 Å². The second kappa shape index (κ2) is 11.0. The number of sulfonamides is 1. The molecule has 0 unspecified atom stereocenters. The van der Waals surface area contributed by atoms with Gasteiger partial charge in [-0.3, -0.25) is 19.5 Å². The fourth-order valence-electron chi connectivity index (χ4n) is 5.11. The van der Waals surface area contributed by atoms with Crippen molar-refractivity contribution >= 4 is 78.6 Å². The number of urea groups is 1. The van der Waals surface area contributed by atoms with Gasteiger partial charge >= 0.3 is 6.03 Å². The summed E-state index contributed by atoms with van der Waals surface area (Å²) in [6.07, 6.45) is 1.42. The number of hydrogen-bond donors (Lipinski definition) is 1. The number of fused-ring (bicyclic) bond motifs is 1. The summed E-state index contributed by atoms with van der Waals surface area (Å²) >= 11 is 15.9. The van der Waals surface area contributed by atoms with Crippen molar-refractivity contribution in [1.82, 2.24) is 24.1 Å². The Balaban J connectivity index is 1.55. The number of halogens is 3. The molecule has 0 bridgehead atoms. The van der Waals surface area contributed by atoms with Crippen LogP contribution in [0.4, 0.5) is 16.4 Å². The largest absolute Gasteiger partial charge is 0.324 e. The summed E-state index contributed by atoms with van der Waals surface area (Å²) in [5, 5.41) is 2.65. The Kier molecular flexibility index (Phi) is 7.94. The van der Waals surface area contributed by atoms with E-state index in [1.165, 1.54) is 37.9 Å². The monoisotopic (exact) mass is 682 g/mol. The van der Waals surface area contributed by atoms with Crippen molar-refractivity contribution in [3.63, 3.8) is 0 Å². The highest BCUT2D eigenvalue weighted by Gasteiger charge is 2.52. The number of aromatic nitrogens is 2. The number of imidazole rings is 1. The topological polar surface area (TPSA) is 125 Å². The lowest BCUT2D eigenvalue weighted by Gasteiger charge is -2.34. The molecule has 2 aliphatic rings. The quantitative estimate of drug-likeness (QED) is 0.431. The number of carbonyl (C=O) groups excluding carboxylic acids is 3. The minimum Gasteiger partial charge on any atom is -0.322 e. The maximum Gasteiger partial charge on any atom is 0.324 e. The molecule has 0 saturated carbocycles. The molecule has 1 atom stereocenters. The van der Waals surface area contributed by atoms with Gasteiger partial charge in [0.15, 0.2) is 5.03 Å². The van der Waals surface area contributed by atoms with Gasteiger partial charge in [-0.15, -0.1) is 0 Å². The maximum absolute atomic E-state index is 14.2. The second-order valence-corrected chi connectivity index (χ2v) is 13.6. The molecule has 4 amide bonds. The molecule has 1 aromatic heterocycles. The molecule has 2 aliphatic heterocycles. The first-order chi connectivity index (χ1) is 19.3. The van der Waals surface area contributed by atoms with Crippen LogP contribution < -0.4 is 10.2 Å². The van der Waals surface area contributed by atoms with Crippen LogP contribution in [0.2, 0.25) is 10.0 Å². The fourth-order valence-corrected chi connectivity index (χ4v) is 7.49. The Hall–Kier alpha value is -2.97. The minimum atomic E-state index is -4.16. The summed E-state index contributed by atoms with van der Waals surface area (Å²) in [6, 6.07) is 11.5. The highest BCUT2D eigenvalue weighted by molar-refractivity contribution is 9.10. The van der Waals surface area contributed by atoms with Gasteiger partial charge < -0.3 is 4.90 Å². The lowest BCUT2D eigenvalue weighted by atomic mass is 9.92. The predicted octanol–water partition coefficient (Wildman–Crippen LogP) is 4.15. The normalized spacial score (nSPS) is 19.4. The molecule has 1 saturated heterocycles. The summed E-state index contributed by atoms with van der Waals surface area (Å²) in [6.45, 7) is 3.07. The van der Waals surface area contributed by atoms with Gasteiger partial charge in [-0.25, -0.2) is 23.1 Å². The van der Waals surface area contributed by atoms with Crippen molar-refractivity contribution in [3.8, 4) is 0 Å². The zero-order valence-corrected chi connectivity index (χ0v) is 25.9. The van der Waals surface area contributed by atoms with Gasteiger partial charge in [0.1, 0.15) is 5.54 Å². The van der Waals surface area contributed by atoms with Crippen LogP contribution in [0.15, 0.2) is 58.2 Å². The Morgan fingerprint density at radius 2 is 1.66 bits per heavy atom. The van der Waals surface area contributed by atoms with Crippen molar-refractivity contribution in [1.29, 1.82) is 0 Å².